The van der Waals surface area contributed by atoms with E-state index in [1.54, 1.807) is 0 Å². The second kappa shape index (κ2) is 7.37. The van der Waals surface area contributed by atoms with E-state index in [2.05, 4.69) is 27.3 Å². The summed E-state index contributed by atoms with van der Waals surface area (Å²) in [6.45, 7) is 5.10. The minimum atomic E-state index is -0.162. The van der Waals surface area contributed by atoms with Crippen LogP contribution >= 0.6 is 0 Å². The average molecular weight is 313 g/mol. The molecule has 1 saturated heterocycles. The zero-order valence-electron chi connectivity index (χ0n) is 13.5. The fourth-order valence-electron chi connectivity index (χ4n) is 2.99. The zero-order chi connectivity index (χ0) is 16.1. The molecule has 1 aromatic heterocycles. The number of nitrogens with zero attached hydrogens (tertiary/aromatic N) is 4. The molecule has 122 valence electrons. The van der Waals surface area contributed by atoms with E-state index in [4.69, 9.17) is 0 Å². The third kappa shape index (κ3) is 3.76. The van der Waals surface area contributed by atoms with Crippen LogP contribution in [0.25, 0.3) is 5.69 Å². The molecular weight excluding hydrogens is 290 g/mol. The van der Waals surface area contributed by atoms with Crippen molar-refractivity contribution in [3.63, 3.8) is 0 Å². The molecule has 6 heteroatoms. The first-order chi connectivity index (χ1) is 11.3. The molecule has 2 heterocycles. The highest BCUT2D eigenvalue weighted by Gasteiger charge is 2.21. The molecule has 3 rings (SSSR count). The summed E-state index contributed by atoms with van der Waals surface area (Å²) >= 11 is 0. The molecule has 1 N–H and O–H groups in total. The fraction of sp³-hybridized carbons (Fsp3) is 0.471. The van der Waals surface area contributed by atoms with Gasteiger partial charge >= 0.3 is 0 Å². The molecule has 1 amide bonds. The van der Waals surface area contributed by atoms with Crippen molar-refractivity contribution in [2.45, 2.75) is 32.2 Å². The summed E-state index contributed by atoms with van der Waals surface area (Å²) in [6, 6.07) is 9.99. The van der Waals surface area contributed by atoms with Gasteiger partial charge in [-0.2, -0.15) is 9.90 Å². The van der Waals surface area contributed by atoms with Gasteiger partial charge in [-0.05, 0) is 44.5 Å². The molecule has 2 aromatic rings. The Kier molecular flexibility index (Phi) is 5.02. The summed E-state index contributed by atoms with van der Waals surface area (Å²) in [6.07, 6.45) is 5.07. The van der Waals surface area contributed by atoms with Gasteiger partial charge in [-0.15, -0.1) is 5.10 Å². The summed E-state index contributed by atoms with van der Waals surface area (Å²) in [7, 11) is 0. The third-order valence-corrected chi connectivity index (χ3v) is 4.34. The average Bonchev–Trinajstić information content (AvgIpc) is 3.28. The van der Waals surface area contributed by atoms with Gasteiger partial charge in [0, 0.05) is 12.6 Å². The van der Waals surface area contributed by atoms with E-state index in [-0.39, 0.29) is 5.91 Å². The standard InChI is InChI=1S/C17H23N5O/c1-2-14(21-10-6-7-11-21)12-18-17(23)16-13-19-22(20-16)15-8-4-3-5-9-15/h3-5,8-9,13-14H,2,6-7,10-12H2,1H3,(H,18,23). The Hall–Kier alpha value is -2.21. The number of hydrogen-bond donors (Lipinski definition) is 1. The van der Waals surface area contributed by atoms with Gasteiger partial charge in [-0.25, -0.2) is 0 Å². The van der Waals surface area contributed by atoms with Crippen molar-refractivity contribution >= 4 is 5.91 Å². The van der Waals surface area contributed by atoms with Crippen molar-refractivity contribution in [3.05, 3.63) is 42.2 Å². The number of benzene rings is 1. The monoisotopic (exact) mass is 313 g/mol. The predicted octanol–water partition coefficient (Wildman–Crippen LogP) is 1.87. The van der Waals surface area contributed by atoms with Gasteiger partial charge < -0.3 is 5.32 Å². The van der Waals surface area contributed by atoms with Crippen molar-refractivity contribution in [1.82, 2.24) is 25.2 Å². The first-order valence-corrected chi connectivity index (χ1v) is 8.28. The molecule has 1 fully saturated rings. The van der Waals surface area contributed by atoms with Gasteiger partial charge in [0.25, 0.3) is 5.91 Å². The molecule has 0 bridgehead atoms. The van der Waals surface area contributed by atoms with Gasteiger partial charge in [0.1, 0.15) is 0 Å². The lowest BCUT2D eigenvalue weighted by Crippen LogP contribution is -2.42. The van der Waals surface area contributed by atoms with Gasteiger partial charge in [-0.1, -0.05) is 25.1 Å². The number of amides is 1. The Bertz CT molecular complexity index is 633. The topological polar surface area (TPSA) is 63.1 Å². The normalized spacial score (nSPS) is 16.4. The van der Waals surface area contributed by atoms with Crippen LogP contribution in [0.5, 0.6) is 0 Å². The van der Waals surface area contributed by atoms with E-state index in [0.29, 0.717) is 18.3 Å². The van der Waals surface area contributed by atoms with Crippen LogP contribution in [-0.2, 0) is 0 Å². The number of likely N-dealkylation sites (tertiary alicyclic amines) is 1. The maximum atomic E-state index is 12.3. The van der Waals surface area contributed by atoms with E-state index in [0.717, 1.165) is 25.2 Å². The van der Waals surface area contributed by atoms with Crippen LogP contribution in [0.4, 0.5) is 0 Å². The second-order valence-electron chi connectivity index (χ2n) is 5.87. The Morgan fingerprint density at radius 1 is 1.26 bits per heavy atom. The molecule has 0 radical (unpaired) electrons. The Morgan fingerprint density at radius 2 is 2.00 bits per heavy atom. The van der Waals surface area contributed by atoms with Gasteiger partial charge in [0.2, 0.25) is 0 Å². The highest BCUT2D eigenvalue weighted by molar-refractivity contribution is 5.91. The van der Waals surface area contributed by atoms with Crippen LogP contribution < -0.4 is 5.32 Å². The summed E-state index contributed by atoms with van der Waals surface area (Å²) in [5.41, 5.74) is 1.19. The molecule has 1 aliphatic rings. The molecule has 1 aliphatic heterocycles. The second-order valence-corrected chi connectivity index (χ2v) is 5.87. The number of para-hydroxylation sites is 1. The highest BCUT2D eigenvalue weighted by atomic mass is 16.2. The van der Waals surface area contributed by atoms with Crippen LogP contribution in [0, 0.1) is 0 Å². The van der Waals surface area contributed by atoms with Crippen molar-refractivity contribution in [1.29, 1.82) is 0 Å². The SMILES string of the molecule is CCC(CNC(=O)c1cnn(-c2ccccc2)n1)N1CCCC1. The lowest BCUT2D eigenvalue weighted by molar-refractivity contribution is 0.0931. The third-order valence-electron chi connectivity index (χ3n) is 4.34. The minimum Gasteiger partial charge on any atom is -0.349 e. The van der Waals surface area contributed by atoms with Crippen molar-refractivity contribution < 1.29 is 4.79 Å². The van der Waals surface area contributed by atoms with E-state index >= 15 is 0 Å². The number of carbonyl (C=O) groups is 1. The molecule has 0 spiro atoms. The molecule has 0 saturated carbocycles. The number of aromatic nitrogens is 3. The summed E-state index contributed by atoms with van der Waals surface area (Å²) in [4.78, 5) is 16.2. The molecular formula is C17H23N5O. The predicted molar refractivity (Wildman–Crippen MR) is 88.6 cm³/mol. The van der Waals surface area contributed by atoms with Crippen molar-refractivity contribution in [3.8, 4) is 5.69 Å². The van der Waals surface area contributed by atoms with E-state index < -0.39 is 0 Å². The molecule has 1 unspecified atom stereocenters. The summed E-state index contributed by atoms with van der Waals surface area (Å²) in [5, 5.41) is 11.4. The fourth-order valence-corrected chi connectivity index (χ4v) is 2.99. The molecule has 0 aliphatic carbocycles. The van der Waals surface area contributed by atoms with Gasteiger partial charge in [-0.3, -0.25) is 9.69 Å². The molecule has 6 nitrogen and oxygen atoms in total. The number of carbonyl (C=O) groups excluding carboxylic acids is 1. The smallest absolute Gasteiger partial charge is 0.273 e. The largest absolute Gasteiger partial charge is 0.349 e. The molecule has 1 atom stereocenters. The Balaban J connectivity index is 1.59. The number of rotatable bonds is 6. The van der Waals surface area contributed by atoms with Crippen molar-refractivity contribution in [2.24, 2.45) is 0 Å². The van der Waals surface area contributed by atoms with Crippen LogP contribution in [0.15, 0.2) is 36.5 Å². The minimum absolute atomic E-state index is 0.162. The maximum absolute atomic E-state index is 12.3. The first kappa shape index (κ1) is 15.7. The summed E-state index contributed by atoms with van der Waals surface area (Å²) < 4.78 is 0. The van der Waals surface area contributed by atoms with Crippen LogP contribution in [0.2, 0.25) is 0 Å². The van der Waals surface area contributed by atoms with Gasteiger partial charge in [0.15, 0.2) is 5.69 Å². The van der Waals surface area contributed by atoms with Crippen LogP contribution in [0.1, 0.15) is 36.7 Å². The molecule has 1 aromatic carbocycles. The maximum Gasteiger partial charge on any atom is 0.273 e. The lowest BCUT2D eigenvalue weighted by atomic mass is 10.2. The summed E-state index contributed by atoms with van der Waals surface area (Å²) in [5.74, 6) is -0.162. The van der Waals surface area contributed by atoms with Crippen molar-refractivity contribution in [2.75, 3.05) is 19.6 Å². The van der Waals surface area contributed by atoms with E-state index in [1.807, 2.05) is 30.3 Å². The highest BCUT2D eigenvalue weighted by Crippen LogP contribution is 2.13. The zero-order valence-corrected chi connectivity index (χ0v) is 13.5. The van der Waals surface area contributed by atoms with E-state index in [9.17, 15) is 4.79 Å². The Labute approximate surface area is 136 Å². The van der Waals surface area contributed by atoms with Gasteiger partial charge in [0.05, 0.1) is 11.9 Å². The van der Waals surface area contributed by atoms with E-state index in [1.165, 1.54) is 23.8 Å². The number of hydrogen-bond acceptors (Lipinski definition) is 4. The van der Waals surface area contributed by atoms with Crippen LogP contribution in [-0.4, -0.2) is 51.5 Å². The lowest BCUT2D eigenvalue weighted by Gasteiger charge is -2.26. The van der Waals surface area contributed by atoms with Crippen LogP contribution in [0.3, 0.4) is 0 Å². The number of nitrogens with one attached hydrogen (secondary N) is 1. The molecule has 23 heavy (non-hydrogen) atoms. The quantitative estimate of drug-likeness (QED) is 0.884. The Morgan fingerprint density at radius 3 is 2.70 bits per heavy atom. The first-order valence-electron chi connectivity index (χ1n) is 8.28.